The molecule has 1 aliphatic heterocycles. The zero-order valence-electron chi connectivity index (χ0n) is 12.4. The first kappa shape index (κ1) is 16.4. The van der Waals surface area contributed by atoms with Crippen LogP contribution in [0.3, 0.4) is 0 Å². The van der Waals surface area contributed by atoms with Crippen molar-refractivity contribution < 1.29 is 0 Å². The smallest absolute Gasteiger partial charge is 0.0680 e. The van der Waals surface area contributed by atoms with Gasteiger partial charge in [-0.3, -0.25) is 5.01 Å². The molecule has 1 saturated heterocycles. The van der Waals surface area contributed by atoms with Gasteiger partial charge in [-0.25, -0.2) is 0 Å². The molecule has 2 aromatic rings. The molecule has 3 rings (SSSR count). The predicted octanol–water partition coefficient (Wildman–Crippen LogP) is 4.80. The maximum absolute atomic E-state index is 6.17. The van der Waals surface area contributed by atoms with E-state index in [9.17, 15) is 0 Å². The summed E-state index contributed by atoms with van der Waals surface area (Å²) < 4.78 is 0. The zero-order chi connectivity index (χ0) is 16.2. The van der Waals surface area contributed by atoms with Gasteiger partial charge >= 0.3 is 0 Å². The number of hydrazone groups is 1. The number of anilines is 1. The van der Waals surface area contributed by atoms with E-state index < -0.39 is 0 Å². The molecule has 0 radical (unpaired) electrons. The molecule has 120 valence electrons. The Balaban J connectivity index is 1.60. The third-order valence-corrected chi connectivity index (χ3v) is 4.87. The van der Waals surface area contributed by atoms with E-state index in [0.717, 1.165) is 36.8 Å². The monoisotopic (exact) mass is 367 g/mol. The van der Waals surface area contributed by atoms with Crippen molar-refractivity contribution in [2.45, 2.75) is 0 Å². The van der Waals surface area contributed by atoms with E-state index in [1.54, 1.807) is 12.3 Å². The highest BCUT2D eigenvalue weighted by atomic mass is 35.5. The molecule has 0 amide bonds. The van der Waals surface area contributed by atoms with E-state index in [-0.39, 0.29) is 0 Å². The molecular weight excluding hydrogens is 353 g/mol. The van der Waals surface area contributed by atoms with Crippen molar-refractivity contribution in [3.8, 4) is 0 Å². The SMILES string of the molecule is Clc1ccc(N2CCN(/N=C/c3cccc(Cl)c3Cl)CC2)cc1. The van der Waals surface area contributed by atoms with Crippen LogP contribution in [-0.2, 0) is 0 Å². The second-order valence-corrected chi connectivity index (χ2v) is 6.53. The highest BCUT2D eigenvalue weighted by Gasteiger charge is 2.15. The fraction of sp³-hybridized carbons (Fsp3) is 0.235. The lowest BCUT2D eigenvalue weighted by Gasteiger charge is -2.34. The Morgan fingerprint density at radius 3 is 2.26 bits per heavy atom. The number of halogens is 3. The average molecular weight is 369 g/mol. The van der Waals surface area contributed by atoms with Crippen molar-refractivity contribution in [2.75, 3.05) is 31.1 Å². The fourth-order valence-corrected chi connectivity index (χ4v) is 2.97. The molecule has 0 atom stereocenters. The standard InChI is InChI=1S/C17H16Cl3N3/c18-14-4-6-15(7-5-14)22-8-10-23(11-9-22)21-12-13-2-1-3-16(19)17(13)20/h1-7,12H,8-11H2/b21-12+. The number of piperazine rings is 1. The van der Waals surface area contributed by atoms with E-state index in [1.165, 1.54) is 5.69 Å². The Morgan fingerprint density at radius 2 is 1.57 bits per heavy atom. The van der Waals surface area contributed by atoms with Crippen molar-refractivity contribution in [1.82, 2.24) is 5.01 Å². The number of rotatable bonds is 3. The number of nitrogens with zero attached hydrogens (tertiary/aromatic N) is 3. The van der Waals surface area contributed by atoms with Gasteiger partial charge in [-0.05, 0) is 30.3 Å². The molecule has 0 N–H and O–H groups in total. The van der Waals surface area contributed by atoms with Crippen LogP contribution in [0.5, 0.6) is 0 Å². The summed E-state index contributed by atoms with van der Waals surface area (Å²) in [5.74, 6) is 0. The van der Waals surface area contributed by atoms with Crippen LogP contribution in [-0.4, -0.2) is 37.4 Å². The summed E-state index contributed by atoms with van der Waals surface area (Å²) in [4.78, 5) is 2.33. The summed E-state index contributed by atoms with van der Waals surface area (Å²) in [6.07, 6.45) is 1.77. The Hall–Kier alpha value is -1.42. The molecule has 1 heterocycles. The maximum Gasteiger partial charge on any atom is 0.0680 e. The quantitative estimate of drug-likeness (QED) is 0.724. The van der Waals surface area contributed by atoms with Crippen molar-refractivity contribution in [1.29, 1.82) is 0 Å². The molecule has 0 saturated carbocycles. The predicted molar refractivity (Wildman–Crippen MR) is 99.3 cm³/mol. The zero-order valence-corrected chi connectivity index (χ0v) is 14.7. The van der Waals surface area contributed by atoms with Gasteiger partial charge in [0.2, 0.25) is 0 Å². The van der Waals surface area contributed by atoms with Crippen LogP contribution in [0.4, 0.5) is 5.69 Å². The van der Waals surface area contributed by atoms with Gasteiger partial charge in [-0.15, -0.1) is 0 Å². The first-order valence-electron chi connectivity index (χ1n) is 7.37. The molecule has 0 spiro atoms. The summed E-state index contributed by atoms with van der Waals surface area (Å²) in [7, 11) is 0. The summed E-state index contributed by atoms with van der Waals surface area (Å²) in [6, 6.07) is 13.5. The lowest BCUT2D eigenvalue weighted by Crippen LogP contribution is -2.44. The minimum Gasteiger partial charge on any atom is -0.368 e. The average Bonchev–Trinajstić information content (AvgIpc) is 2.57. The molecule has 3 nitrogen and oxygen atoms in total. The van der Waals surface area contributed by atoms with E-state index >= 15 is 0 Å². The van der Waals surface area contributed by atoms with Crippen LogP contribution in [0, 0.1) is 0 Å². The number of hydrogen-bond donors (Lipinski definition) is 0. The van der Waals surface area contributed by atoms with Crippen LogP contribution < -0.4 is 4.90 Å². The second-order valence-electron chi connectivity index (χ2n) is 5.30. The second kappa shape index (κ2) is 7.43. The minimum absolute atomic E-state index is 0.540. The molecule has 0 unspecified atom stereocenters. The molecule has 0 bridgehead atoms. The third kappa shape index (κ3) is 4.11. The minimum atomic E-state index is 0.540. The van der Waals surface area contributed by atoms with E-state index in [1.807, 2.05) is 41.4 Å². The Morgan fingerprint density at radius 1 is 0.870 bits per heavy atom. The van der Waals surface area contributed by atoms with E-state index in [0.29, 0.717) is 10.0 Å². The molecule has 0 aliphatic carbocycles. The third-order valence-electron chi connectivity index (χ3n) is 3.79. The van der Waals surface area contributed by atoms with Crippen molar-refractivity contribution >= 4 is 46.7 Å². The lowest BCUT2D eigenvalue weighted by molar-refractivity contribution is 0.272. The van der Waals surface area contributed by atoms with Gasteiger partial charge < -0.3 is 4.90 Å². The van der Waals surface area contributed by atoms with Crippen LogP contribution in [0.15, 0.2) is 47.6 Å². The molecule has 1 fully saturated rings. The summed E-state index contributed by atoms with van der Waals surface area (Å²) in [6.45, 7) is 3.55. The van der Waals surface area contributed by atoms with Gasteiger partial charge in [0.15, 0.2) is 0 Å². The normalized spacial score (nSPS) is 15.4. The van der Waals surface area contributed by atoms with Crippen LogP contribution in [0.2, 0.25) is 15.1 Å². The van der Waals surface area contributed by atoms with Crippen LogP contribution in [0.25, 0.3) is 0 Å². The summed E-state index contributed by atoms with van der Waals surface area (Å²) in [5.41, 5.74) is 2.02. The van der Waals surface area contributed by atoms with Gasteiger partial charge in [-0.2, -0.15) is 5.10 Å². The van der Waals surface area contributed by atoms with Crippen molar-refractivity contribution in [3.63, 3.8) is 0 Å². The summed E-state index contributed by atoms with van der Waals surface area (Å²) in [5, 5.41) is 8.40. The van der Waals surface area contributed by atoms with E-state index in [2.05, 4.69) is 10.0 Å². The molecular formula is C17H16Cl3N3. The first-order chi connectivity index (χ1) is 11.1. The Labute approximate surface area is 151 Å². The van der Waals surface area contributed by atoms with Gasteiger partial charge in [0.05, 0.1) is 29.3 Å². The van der Waals surface area contributed by atoms with Gasteiger partial charge in [-0.1, -0.05) is 46.9 Å². The van der Waals surface area contributed by atoms with Crippen molar-refractivity contribution in [2.24, 2.45) is 5.10 Å². The van der Waals surface area contributed by atoms with E-state index in [4.69, 9.17) is 34.8 Å². The number of hydrogen-bond acceptors (Lipinski definition) is 3. The lowest BCUT2D eigenvalue weighted by atomic mass is 10.2. The first-order valence-corrected chi connectivity index (χ1v) is 8.50. The van der Waals surface area contributed by atoms with Gasteiger partial charge in [0.25, 0.3) is 0 Å². The van der Waals surface area contributed by atoms with Crippen LogP contribution >= 0.6 is 34.8 Å². The van der Waals surface area contributed by atoms with Gasteiger partial charge in [0.1, 0.15) is 0 Å². The highest BCUT2D eigenvalue weighted by Crippen LogP contribution is 2.24. The molecule has 23 heavy (non-hydrogen) atoms. The molecule has 1 aliphatic rings. The maximum atomic E-state index is 6.17. The Kier molecular flexibility index (Phi) is 5.31. The van der Waals surface area contributed by atoms with Crippen molar-refractivity contribution in [3.05, 3.63) is 63.1 Å². The number of benzene rings is 2. The van der Waals surface area contributed by atoms with Crippen LogP contribution in [0.1, 0.15) is 5.56 Å². The fourth-order valence-electron chi connectivity index (χ4n) is 2.49. The molecule has 2 aromatic carbocycles. The largest absolute Gasteiger partial charge is 0.368 e. The highest BCUT2D eigenvalue weighted by molar-refractivity contribution is 6.43. The molecule has 0 aromatic heterocycles. The Bertz CT molecular complexity index is 693. The van der Waals surface area contributed by atoms with Gasteiger partial charge in [0, 0.05) is 29.4 Å². The topological polar surface area (TPSA) is 18.8 Å². The molecule has 6 heteroatoms. The summed E-state index contributed by atoms with van der Waals surface area (Å²) >= 11 is 18.1.